The summed E-state index contributed by atoms with van der Waals surface area (Å²) < 4.78 is 5.79. The van der Waals surface area contributed by atoms with E-state index in [0.717, 1.165) is 43.5 Å². The van der Waals surface area contributed by atoms with Crippen molar-refractivity contribution in [1.29, 1.82) is 0 Å². The largest absolute Gasteiger partial charge is 0.492 e. The molecule has 0 spiro atoms. The van der Waals surface area contributed by atoms with E-state index in [1.807, 2.05) is 19.1 Å². The SMILES string of the molecule is CCOc1ccccc1N1CCN(Cc2csc(-c3ccccc3)n2)CC1. The van der Waals surface area contributed by atoms with Crippen molar-refractivity contribution in [2.45, 2.75) is 13.5 Å². The van der Waals surface area contributed by atoms with Crippen molar-refractivity contribution in [2.24, 2.45) is 0 Å². The third-order valence-electron chi connectivity index (χ3n) is 4.84. The van der Waals surface area contributed by atoms with E-state index in [1.165, 1.54) is 16.9 Å². The summed E-state index contributed by atoms with van der Waals surface area (Å²) in [5, 5.41) is 3.30. The van der Waals surface area contributed by atoms with Gasteiger partial charge in [0.25, 0.3) is 0 Å². The van der Waals surface area contributed by atoms with Gasteiger partial charge in [-0.05, 0) is 19.1 Å². The van der Waals surface area contributed by atoms with Gasteiger partial charge in [0.05, 0.1) is 18.0 Å². The highest BCUT2D eigenvalue weighted by Crippen LogP contribution is 2.29. The maximum absolute atomic E-state index is 5.79. The van der Waals surface area contributed by atoms with Crippen LogP contribution in [0.1, 0.15) is 12.6 Å². The first kappa shape index (κ1) is 18.0. The Labute approximate surface area is 165 Å². The number of aromatic nitrogens is 1. The van der Waals surface area contributed by atoms with E-state index in [9.17, 15) is 0 Å². The smallest absolute Gasteiger partial charge is 0.142 e. The van der Waals surface area contributed by atoms with E-state index >= 15 is 0 Å². The summed E-state index contributed by atoms with van der Waals surface area (Å²) in [5.74, 6) is 0.987. The molecule has 3 aromatic rings. The molecule has 0 N–H and O–H groups in total. The Morgan fingerprint density at radius 3 is 2.48 bits per heavy atom. The van der Waals surface area contributed by atoms with Crippen molar-refractivity contribution in [3.63, 3.8) is 0 Å². The summed E-state index contributed by atoms with van der Waals surface area (Å²) in [6.07, 6.45) is 0. The fraction of sp³-hybridized carbons (Fsp3) is 0.318. The number of hydrogen-bond donors (Lipinski definition) is 0. The Morgan fingerprint density at radius 2 is 1.70 bits per heavy atom. The van der Waals surface area contributed by atoms with Crippen LogP contribution in [0, 0.1) is 0 Å². The highest BCUT2D eigenvalue weighted by Gasteiger charge is 2.20. The monoisotopic (exact) mass is 379 g/mol. The molecule has 2 aromatic carbocycles. The number of rotatable bonds is 6. The van der Waals surface area contributed by atoms with E-state index in [0.29, 0.717) is 6.61 Å². The normalized spacial score (nSPS) is 15.1. The van der Waals surface area contributed by atoms with Gasteiger partial charge >= 0.3 is 0 Å². The Morgan fingerprint density at radius 1 is 0.963 bits per heavy atom. The first-order valence-electron chi connectivity index (χ1n) is 9.52. The van der Waals surface area contributed by atoms with Gasteiger partial charge in [0.1, 0.15) is 10.8 Å². The molecule has 0 amide bonds. The molecule has 1 saturated heterocycles. The van der Waals surface area contributed by atoms with Gasteiger partial charge in [-0.2, -0.15) is 0 Å². The Hall–Kier alpha value is -2.37. The van der Waals surface area contributed by atoms with Crippen molar-refractivity contribution in [1.82, 2.24) is 9.88 Å². The molecule has 140 valence electrons. The highest BCUT2D eigenvalue weighted by atomic mass is 32.1. The van der Waals surface area contributed by atoms with Crippen molar-refractivity contribution in [3.05, 3.63) is 65.7 Å². The fourth-order valence-electron chi connectivity index (χ4n) is 3.46. The Bertz CT molecular complexity index is 857. The first-order valence-corrected chi connectivity index (χ1v) is 10.4. The van der Waals surface area contributed by atoms with Crippen LogP contribution in [0.25, 0.3) is 10.6 Å². The number of piperazine rings is 1. The minimum atomic E-state index is 0.699. The number of ether oxygens (including phenoxy) is 1. The summed E-state index contributed by atoms with van der Waals surface area (Å²) >= 11 is 1.73. The quantitative estimate of drug-likeness (QED) is 0.629. The van der Waals surface area contributed by atoms with E-state index in [-0.39, 0.29) is 0 Å². The molecule has 4 rings (SSSR count). The lowest BCUT2D eigenvalue weighted by atomic mass is 10.2. The number of thiazole rings is 1. The maximum atomic E-state index is 5.79. The van der Waals surface area contributed by atoms with Crippen LogP contribution >= 0.6 is 11.3 Å². The number of para-hydroxylation sites is 2. The van der Waals surface area contributed by atoms with E-state index in [4.69, 9.17) is 9.72 Å². The molecule has 0 aliphatic carbocycles. The third-order valence-corrected chi connectivity index (χ3v) is 5.78. The predicted octanol–water partition coefficient (Wildman–Crippen LogP) is 4.53. The molecular formula is C22H25N3OS. The first-order chi connectivity index (χ1) is 13.3. The van der Waals surface area contributed by atoms with Gasteiger partial charge in [-0.15, -0.1) is 11.3 Å². The van der Waals surface area contributed by atoms with Gasteiger partial charge in [0.15, 0.2) is 0 Å². The number of anilines is 1. The van der Waals surface area contributed by atoms with Crippen LogP contribution in [-0.2, 0) is 6.54 Å². The Balaban J connectivity index is 1.36. The summed E-state index contributed by atoms with van der Waals surface area (Å²) in [6.45, 7) is 7.76. The standard InChI is InChI=1S/C22H25N3OS/c1-2-26-21-11-7-6-10-20(21)25-14-12-24(13-15-25)16-19-17-27-22(23-19)18-8-4-3-5-9-18/h3-11,17H,2,12-16H2,1H3. The maximum Gasteiger partial charge on any atom is 0.142 e. The van der Waals surface area contributed by atoms with Gasteiger partial charge in [-0.1, -0.05) is 42.5 Å². The average Bonchev–Trinajstić information content (AvgIpc) is 3.19. The molecule has 1 aromatic heterocycles. The zero-order valence-electron chi connectivity index (χ0n) is 15.7. The number of benzene rings is 2. The van der Waals surface area contributed by atoms with Crippen LogP contribution < -0.4 is 9.64 Å². The van der Waals surface area contributed by atoms with Crippen molar-refractivity contribution in [2.75, 3.05) is 37.7 Å². The molecule has 1 aliphatic heterocycles. The second-order valence-electron chi connectivity index (χ2n) is 6.67. The van der Waals surface area contributed by atoms with Crippen LogP contribution in [0.3, 0.4) is 0 Å². The molecule has 0 bridgehead atoms. The zero-order chi connectivity index (χ0) is 18.5. The number of nitrogens with zero attached hydrogens (tertiary/aromatic N) is 3. The minimum Gasteiger partial charge on any atom is -0.492 e. The minimum absolute atomic E-state index is 0.699. The summed E-state index contributed by atoms with van der Waals surface area (Å²) in [4.78, 5) is 9.75. The topological polar surface area (TPSA) is 28.6 Å². The van der Waals surface area contributed by atoms with Gasteiger partial charge in [0.2, 0.25) is 0 Å². The summed E-state index contributed by atoms with van der Waals surface area (Å²) in [6, 6.07) is 18.8. The van der Waals surface area contributed by atoms with Gasteiger partial charge in [-0.25, -0.2) is 4.98 Å². The lowest BCUT2D eigenvalue weighted by molar-refractivity contribution is 0.246. The van der Waals surface area contributed by atoms with Gasteiger partial charge < -0.3 is 9.64 Å². The van der Waals surface area contributed by atoms with E-state index < -0.39 is 0 Å². The fourth-order valence-corrected chi connectivity index (χ4v) is 4.28. The van der Waals surface area contributed by atoms with E-state index in [2.05, 4.69) is 57.6 Å². The van der Waals surface area contributed by atoms with Crippen molar-refractivity contribution < 1.29 is 4.74 Å². The molecule has 0 saturated carbocycles. The predicted molar refractivity (Wildman–Crippen MR) is 113 cm³/mol. The lowest BCUT2D eigenvalue weighted by Crippen LogP contribution is -2.46. The van der Waals surface area contributed by atoms with E-state index in [1.54, 1.807) is 11.3 Å². The average molecular weight is 380 g/mol. The number of hydrogen-bond acceptors (Lipinski definition) is 5. The molecule has 4 nitrogen and oxygen atoms in total. The molecule has 5 heteroatoms. The molecule has 1 fully saturated rings. The van der Waals surface area contributed by atoms with Crippen LogP contribution in [0.15, 0.2) is 60.0 Å². The molecule has 0 atom stereocenters. The zero-order valence-corrected chi connectivity index (χ0v) is 16.5. The third kappa shape index (κ3) is 4.31. The lowest BCUT2D eigenvalue weighted by Gasteiger charge is -2.36. The van der Waals surface area contributed by atoms with Gasteiger partial charge in [-0.3, -0.25) is 4.90 Å². The highest BCUT2D eigenvalue weighted by molar-refractivity contribution is 7.13. The Kier molecular flexibility index (Phi) is 5.70. The molecule has 27 heavy (non-hydrogen) atoms. The van der Waals surface area contributed by atoms with Crippen molar-refractivity contribution >= 4 is 17.0 Å². The summed E-state index contributed by atoms with van der Waals surface area (Å²) in [7, 11) is 0. The van der Waals surface area contributed by atoms with Crippen LogP contribution in [0.2, 0.25) is 0 Å². The van der Waals surface area contributed by atoms with Crippen LogP contribution in [-0.4, -0.2) is 42.7 Å². The van der Waals surface area contributed by atoms with Crippen LogP contribution in [0.5, 0.6) is 5.75 Å². The van der Waals surface area contributed by atoms with Crippen molar-refractivity contribution in [3.8, 4) is 16.3 Å². The molecular weight excluding hydrogens is 354 g/mol. The second-order valence-corrected chi connectivity index (χ2v) is 7.53. The molecule has 2 heterocycles. The van der Waals surface area contributed by atoms with Gasteiger partial charge in [0, 0.05) is 43.7 Å². The molecule has 0 unspecified atom stereocenters. The van der Waals surface area contributed by atoms with Crippen LogP contribution in [0.4, 0.5) is 5.69 Å². The molecule has 1 aliphatic rings. The summed E-state index contributed by atoms with van der Waals surface area (Å²) in [5.41, 5.74) is 3.58. The molecule has 0 radical (unpaired) electrons. The second kappa shape index (κ2) is 8.55.